The van der Waals surface area contributed by atoms with Gasteiger partial charge in [0.1, 0.15) is 11.6 Å². The second kappa shape index (κ2) is 6.14. The molecular formula is C17H19F2N. The number of hydrogen-bond donors (Lipinski definition) is 1. The summed E-state index contributed by atoms with van der Waals surface area (Å²) >= 11 is 0. The van der Waals surface area contributed by atoms with E-state index in [4.69, 9.17) is 0 Å². The maximum atomic E-state index is 13.2. The molecule has 2 atom stereocenters. The molecule has 0 aromatic heterocycles. The van der Waals surface area contributed by atoms with Gasteiger partial charge in [-0.1, -0.05) is 29.8 Å². The molecule has 0 aliphatic carbocycles. The molecule has 2 rings (SSSR count). The molecule has 0 spiro atoms. The lowest BCUT2D eigenvalue weighted by molar-refractivity contribution is 0.487. The quantitative estimate of drug-likeness (QED) is 0.854. The summed E-state index contributed by atoms with van der Waals surface area (Å²) in [4.78, 5) is 0. The molecule has 106 valence electrons. The Morgan fingerprint density at radius 2 is 1.30 bits per heavy atom. The highest BCUT2D eigenvalue weighted by atomic mass is 19.1. The van der Waals surface area contributed by atoms with E-state index in [9.17, 15) is 8.78 Å². The molecule has 1 unspecified atom stereocenters. The Kier molecular flexibility index (Phi) is 4.50. The van der Waals surface area contributed by atoms with Gasteiger partial charge in [-0.05, 0) is 44.0 Å². The van der Waals surface area contributed by atoms with E-state index in [-0.39, 0.29) is 12.1 Å². The lowest BCUT2D eigenvalue weighted by atomic mass is 10.0. The van der Waals surface area contributed by atoms with Gasteiger partial charge >= 0.3 is 0 Å². The number of rotatable bonds is 4. The van der Waals surface area contributed by atoms with Crippen molar-refractivity contribution in [3.8, 4) is 0 Å². The van der Waals surface area contributed by atoms with E-state index in [1.807, 2.05) is 20.8 Å². The van der Waals surface area contributed by atoms with Gasteiger partial charge in [0, 0.05) is 18.2 Å². The van der Waals surface area contributed by atoms with Gasteiger partial charge in [-0.3, -0.25) is 0 Å². The predicted octanol–water partition coefficient (Wildman–Crippen LogP) is 4.69. The number of aryl methyl sites for hydroxylation is 1. The fourth-order valence-electron chi connectivity index (χ4n) is 2.25. The Morgan fingerprint density at radius 3 is 1.85 bits per heavy atom. The van der Waals surface area contributed by atoms with Crippen LogP contribution < -0.4 is 5.32 Å². The molecule has 0 heterocycles. The molecule has 3 heteroatoms. The average Bonchev–Trinajstić information content (AvgIpc) is 2.38. The van der Waals surface area contributed by atoms with E-state index in [1.54, 1.807) is 0 Å². The van der Waals surface area contributed by atoms with Crippen LogP contribution in [0.15, 0.2) is 42.5 Å². The molecule has 1 nitrogen and oxygen atoms in total. The summed E-state index contributed by atoms with van der Waals surface area (Å²) in [7, 11) is 0. The van der Waals surface area contributed by atoms with Crippen LogP contribution in [0.4, 0.5) is 8.78 Å². The van der Waals surface area contributed by atoms with Crippen molar-refractivity contribution in [3.63, 3.8) is 0 Å². The first kappa shape index (κ1) is 14.7. The van der Waals surface area contributed by atoms with E-state index in [0.717, 1.165) is 11.6 Å². The SMILES string of the molecule is Cc1ccc([C@@H](C)NC(C)c2cc(F)cc(F)c2)cc1. The Bertz CT molecular complexity index is 558. The Labute approximate surface area is 118 Å². The Balaban J connectivity index is 2.10. The Hall–Kier alpha value is -1.74. The summed E-state index contributed by atoms with van der Waals surface area (Å²) in [5.74, 6) is -1.09. The van der Waals surface area contributed by atoms with E-state index < -0.39 is 11.6 Å². The van der Waals surface area contributed by atoms with Gasteiger partial charge < -0.3 is 5.32 Å². The van der Waals surface area contributed by atoms with Gasteiger partial charge in [0.2, 0.25) is 0 Å². The highest BCUT2D eigenvalue weighted by molar-refractivity contribution is 5.25. The summed E-state index contributed by atoms with van der Waals surface area (Å²) in [5, 5.41) is 3.35. The molecule has 0 fully saturated rings. The Morgan fingerprint density at radius 1 is 0.800 bits per heavy atom. The third kappa shape index (κ3) is 3.64. The molecule has 0 saturated carbocycles. The lowest BCUT2D eigenvalue weighted by Gasteiger charge is -2.21. The van der Waals surface area contributed by atoms with Crippen molar-refractivity contribution in [2.24, 2.45) is 0 Å². The first-order chi connectivity index (χ1) is 9.45. The minimum absolute atomic E-state index is 0.108. The molecule has 0 saturated heterocycles. The molecule has 0 aliphatic rings. The number of benzene rings is 2. The van der Waals surface area contributed by atoms with Gasteiger partial charge in [-0.2, -0.15) is 0 Å². The fourth-order valence-corrected chi connectivity index (χ4v) is 2.25. The number of nitrogens with one attached hydrogen (secondary N) is 1. The van der Waals surface area contributed by atoms with Crippen LogP contribution in [0.25, 0.3) is 0 Å². The first-order valence-electron chi connectivity index (χ1n) is 6.74. The minimum atomic E-state index is -0.545. The second-order valence-electron chi connectivity index (χ2n) is 5.22. The second-order valence-corrected chi connectivity index (χ2v) is 5.22. The summed E-state index contributed by atoms with van der Waals surface area (Å²) in [6.07, 6.45) is 0. The van der Waals surface area contributed by atoms with Crippen LogP contribution in [0.2, 0.25) is 0 Å². The third-order valence-electron chi connectivity index (χ3n) is 3.46. The molecule has 1 N–H and O–H groups in total. The van der Waals surface area contributed by atoms with Crippen molar-refractivity contribution >= 4 is 0 Å². The van der Waals surface area contributed by atoms with Gasteiger partial charge in [0.25, 0.3) is 0 Å². The topological polar surface area (TPSA) is 12.0 Å². The average molecular weight is 275 g/mol. The predicted molar refractivity (Wildman–Crippen MR) is 77.5 cm³/mol. The zero-order valence-corrected chi connectivity index (χ0v) is 12.0. The molecule has 2 aromatic rings. The number of halogens is 2. The van der Waals surface area contributed by atoms with E-state index >= 15 is 0 Å². The van der Waals surface area contributed by atoms with Gasteiger partial charge in [0.05, 0.1) is 0 Å². The zero-order chi connectivity index (χ0) is 14.7. The van der Waals surface area contributed by atoms with Crippen molar-refractivity contribution in [3.05, 3.63) is 70.8 Å². The van der Waals surface area contributed by atoms with Gasteiger partial charge in [0.15, 0.2) is 0 Å². The smallest absolute Gasteiger partial charge is 0.126 e. The largest absolute Gasteiger partial charge is 0.304 e. The van der Waals surface area contributed by atoms with Crippen molar-refractivity contribution in [1.29, 1.82) is 0 Å². The fraction of sp³-hybridized carbons (Fsp3) is 0.294. The molecule has 0 radical (unpaired) electrons. The van der Waals surface area contributed by atoms with Crippen LogP contribution in [-0.4, -0.2) is 0 Å². The van der Waals surface area contributed by atoms with Crippen molar-refractivity contribution in [1.82, 2.24) is 5.32 Å². The maximum Gasteiger partial charge on any atom is 0.126 e. The van der Waals surface area contributed by atoms with E-state index in [2.05, 4.69) is 29.6 Å². The van der Waals surface area contributed by atoms with E-state index in [1.165, 1.54) is 17.7 Å². The van der Waals surface area contributed by atoms with Crippen LogP contribution >= 0.6 is 0 Å². The highest BCUT2D eigenvalue weighted by Gasteiger charge is 2.12. The molecule has 2 aromatic carbocycles. The van der Waals surface area contributed by atoms with Gasteiger partial charge in [-0.25, -0.2) is 8.78 Å². The summed E-state index contributed by atoms with van der Waals surface area (Å²) in [5.41, 5.74) is 2.97. The third-order valence-corrected chi connectivity index (χ3v) is 3.46. The molecular weight excluding hydrogens is 256 g/mol. The minimum Gasteiger partial charge on any atom is -0.304 e. The van der Waals surface area contributed by atoms with Crippen LogP contribution in [0, 0.1) is 18.6 Å². The van der Waals surface area contributed by atoms with Crippen molar-refractivity contribution in [2.45, 2.75) is 32.9 Å². The first-order valence-corrected chi connectivity index (χ1v) is 6.74. The van der Waals surface area contributed by atoms with Crippen LogP contribution in [0.5, 0.6) is 0 Å². The normalized spacial score (nSPS) is 14.1. The highest BCUT2D eigenvalue weighted by Crippen LogP contribution is 2.21. The van der Waals surface area contributed by atoms with Crippen LogP contribution in [0.1, 0.15) is 42.6 Å². The van der Waals surface area contributed by atoms with E-state index in [0.29, 0.717) is 5.56 Å². The maximum absolute atomic E-state index is 13.2. The lowest BCUT2D eigenvalue weighted by Crippen LogP contribution is -2.22. The van der Waals surface area contributed by atoms with Crippen LogP contribution in [-0.2, 0) is 0 Å². The summed E-state index contributed by atoms with van der Waals surface area (Å²) in [6, 6.07) is 11.8. The molecule has 0 aliphatic heterocycles. The molecule has 20 heavy (non-hydrogen) atoms. The standard InChI is InChI=1S/C17H19F2N/c1-11-4-6-14(7-5-11)12(2)20-13(3)15-8-16(18)10-17(19)9-15/h4-10,12-13,20H,1-3H3/t12-,13?/m1/s1. The van der Waals surface area contributed by atoms with Crippen LogP contribution in [0.3, 0.4) is 0 Å². The van der Waals surface area contributed by atoms with Crippen molar-refractivity contribution < 1.29 is 8.78 Å². The zero-order valence-electron chi connectivity index (χ0n) is 12.0. The monoisotopic (exact) mass is 275 g/mol. The number of hydrogen-bond acceptors (Lipinski definition) is 1. The van der Waals surface area contributed by atoms with Crippen molar-refractivity contribution in [2.75, 3.05) is 0 Å². The molecule has 0 amide bonds. The van der Waals surface area contributed by atoms with Gasteiger partial charge in [-0.15, -0.1) is 0 Å². The summed E-state index contributed by atoms with van der Waals surface area (Å²) in [6.45, 7) is 5.98. The molecule has 0 bridgehead atoms. The summed E-state index contributed by atoms with van der Waals surface area (Å²) < 4.78 is 26.5.